The molecule has 0 aliphatic carbocycles. The fraction of sp³-hybridized carbons (Fsp3) is 0.250. The SMILES string of the molecule is Cc1noc(C)c1C(=O)NCc1ccccn1. The highest BCUT2D eigenvalue weighted by molar-refractivity contribution is 5.95. The summed E-state index contributed by atoms with van der Waals surface area (Å²) in [5.74, 6) is 0.341. The summed E-state index contributed by atoms with van der Waals surface area (Å²) in [5, 5.41) is 6.52. The summed E-state index contributed by atoms with van der Waals surface area (Å²) in [7, 11) is 0. The molecule has 0 aliphatic rings. The molecule has 0 aromatic carbocycles. The van der Waals surface area contributed by atoms with Crippen LogP contribution in [0.2, 0.25) is 0 Å². The number of carbonyl (C=O) groups is 1. The van der Waals surface area contributed by atoms with E-state index in [1.807, 2.05) is 18.2 Å². The number of nitrogens with zero attached hydrogens (tertiary/aromatic N) is 2. The molecule has 2 aromatic rings. The number of carbonyl (C=O) groups excluding carboxylic acids is 1. The van der Waals surface area contributed by atoms with E-state index in [1.165, 1.54) is 0 Å². The second-order valence-corrected chi connectivity index (χ2v) is 3.70. The van der Waals surface area contributed by atoms with Crippen molar-refractivity contribution in [2.75, 3.05) is 0 Å². The smallest absolute Gasteiger partial charge is 0.257 e. The van der Waals surface area contributed by atoms with Crippen LogP contribution in [0.25, 0.3) is 0 Å². The van der Waals surface area contributed by atoms with E-state index in [4.69, 9.17) is 4.52 Å². The largest absolute Gasteiger partial charge is 0.361 e. The monoisotopic (exact) mass is 231 g/mol. The lowest BCUT2D eigenvalue weighted by Crippen LogP contribution is -2.24. The predicted molar refractivity (Wildman–Crippen MR) is 61.4 cm³/mol. The summed E-state index contributed by atoms with van der Waals surface area (Å²) in [6.45, 7) is 3.85. The van der Waals surface area contributed by atoms with Gasteiger partial charge >= 0.3 is 0 Å². The lowest BCUT2D eigenvalue weighted by atomic mass is 10.2. The number of aromatic nitrogens is 2. The van der Waals surface area contributed by atoms with E-state index in [1.54, 1.807) is 20.0 Å². The van der Waals surface area contributed by atoms with Crippen molar-refractivity contribution in [2.45, 2.75) is 20.4 Å². The summed E-state index contributed by atoms with van der Waals surface area (Å²) >= 11 is 0. The normalized spacial score (nSPS) is 10.2. The highest BCUT2D eigenvalue weighted by Gasteiger charge is 2.16. The molecule has 2 rings (SSSR count). The Morgan fingerprint density at radius 1 is 1.41 bits per heavy atom. The number of nitrogens with one attached hydrogen (secondary N) is 1. The number of hydrogen-bond acceptors (Lipinski definition) is 4. The number of hydrogen-bond donors (Lipinski definition) is 1. The third-order valence-electron chi connectivity index (χ3n) is 2.42. The van der Waals surface area contributed by atoms with E-state index in [0.717, 1.165) is 5.69 Å². The fourth-order valence-corrected chi connectivity index (χ4v) is 1.57. The third-order valence-corrected chi connectivity index (χ3v) is 2.42. The molecule has 1 amide bonds. The molecular weight excluding hydrogens is 218 g/mol. The Morgan fingerprint density at radius 3 is 2.82 bits per heavy atom. The Morgan fingerprint density at radius 2 is 2.24 bits per heavy atom. The van der Waals surface area contributed by atoms with Crippen LogP contribution >= 0.6 is 0 Å². The molecule has 0 unspecified atom stereocenters. The lowest BCUT2D eigenvalue weighted by Gasteiger charge is -2.03. The Hall–Kier alpha value is -2.17. The number of pyridine rings is 1. The van der Waals surface area contributed by atoms with Crippen molar-refractivity contribution < 1.29 is 9.32 Å². The quantitative estimate of drug-likeness (QED) is 0.871. The van der Waals surface area contributed by atoms with E-state index in [9.17, 15) is 4.79 Å². The Balaban J connectivity index is 2.04. The molecule has 5 nitrogen and oxygen atoms in total. The molecule has 0 saturated carbocycles. The molecule has 5 heteroatoms. The Bertz CT molecular complexity index is 500. The second-order valence-electron chi connectivity index (χ2n) is 3.70. The van der Waals surface area contributed by atoms with Gasteiger partial charge in [-0.1, -0.05) is 11.2 Å². The minimum Gasteiger partial charge on any atom is -0.361 e. The van der Waals surface area contributed by atoms with Crippen LogP contribution in [0.4, 0.5) is 0 Å². The van der Waals surface area contributed by atoms with Gasteiger partial charge in [0.25, 0.3) is 5.91 Å². The van der Waals surface area contributed by atoms with Crippen LogP contribution in [0.1, 0.15) is 27.5 Å². The zero-order chi connectivity index (χ0) is 12.3. The molecular formula is C12H13N3O2. The zero-order valence-electron chi connectivity index (χ0n) is 9.73. The molecule has 2 aromatic heterocycles. The minimum atomic E-state index is -0.188. The van der Waals surface area contributed by atoms with Crippen molar-refractivity contribution in [3.8, 4) is 0 Å². The van der Waals surface area contributed by atoms with E-state index in [-0.39, 0.29) is 5.91 Å². The Labute approximate surface area is 98.8 Å². The van der Waals surface area contributed by atoms with Crippen LogP contribution in [0.3, 0.4) is 0 Å². The van der Waals surface area contributed by atoms with Crippen LogP contribution in [-0.2, 0) is 6.54 Å². The maximum absolute atomic E-state index is 11.9. The van der Waals surface area contributed by atoms with Gasteiger partial charge in [-0.15, -0.1) is 0 Å². The molecule has 0 aliphatic heterocycles. The first-order valence-corrected chi connectivity index (χ1v) is 5.29. The van der Waals surface area contributed by atoms with Gasteiger partial charge in [0.1, 0.15) is 11.3 Å². The molecule has 0 atom stereocenters. The predicted octanol–water partition coefficient (Wildman–Crippen LogP) is 1.62. The van der Waals surface area contributed by atoms with Crippen molar-refractivity contribution in [3.05, 3.63) is 47.1 Å². The van der Waals surface area contributed by atoms with E-state index < -0.39 is 0 Å². The van der Waals surface area contributed by atoms with Crippen molar-refractivity contribution >= 4 is 5.91 Å². The van der Waals surface area contributed by atoms with Crippen molar-refractivity contribution in [3.63, 3.8) is 0 Å². The summed E-state index contributed by atoms with van der Waals surface area (Å²) in [6, 6.07) is 5.57. The van der Waals surface area contributed by atoms with Gasteiger partial charge in [-0.3, -0.25) is 9.78 Å². The maximum Gasteiger partial charge on any atom is 0.257 e. The molecule has 17 heavy (non-hydrogen) atoms. The fourth-order valence-electron chi connectivity index (χ4n) is 1.57. The van der Waals surface area contributed by atoms with Gasteiger partial charge in [0.2, 0.25) is 0 Å². The zero-order valence-corrected chi connectivity index (χ0v) is 9.73. The van der Waals surface area contributed by atoms with Crippen LogP contribution in [0, 0.1) is 13.8 Å². The number of amides is 1. The van der Waals surface area contributed by atoms with Crippen LogP contribution in [-0.4, -0.2) is 16.0 Å². The van der Waals surface area contributed by atoms with Crippen LogP contribution in [0.15, 0.2) is 28.9 Å². The van der Waals surface area contributed by atoms with E-state index in [0.29, 0.717) is 23.6 Å². The average Bonchev–Trinajstić information content (AvgIpc) is 2.67. The molecule has 2 heterocycles. The molecule has 1 N–H and O–H groups in total. The summed E-state index contributed by atoms with van der Waals surface area (Å²) < 4.78 is 4.94. The topological polar surface area (TPSA) is 68.0 Å². The first kappa shape index (κ1) is 11.3. The average molecular weight is 231 g/mol. The minimum absolute atomic E-state index is 0.188. The molecule has 88 valence electrons. The highest BCUT2D eigenvalue weighted by atomic mass is 16.5. The Kier molecular flexibility index (Phi) is 3.18. The molecule has 0 fully saturated rings. The second kappa shape index (κ2) is 4.78. The van der Waals surface area contributed by atoms with Crippen molar-refractivity contribution in [2.24, 2.45) is 0 Å². The van der Waals surface area contributed by atoms with Gasteiger partial charge in [0, 0.05) is 6.20 Å². The summed E-state index contributed by atoms with van der Waals surface area (Å²) in [5.41, 5.74) is 1.91. The number of aryl methyl sites for hydroxylation is 2. The van der Waals surface area contributed by atoms with E-state index in [2.05, 4.69) is 15.5 Å². The maximum atomic E-state index is 11.9. The highest BCUT2D eigenvalue weighted by Crippen LogP contribution is 2.11. The summed E-state index contributed by atoms with van der Waals surface area (Å²) in [6.07, 6.45) is 1.69. The standard InChI is InChI=1S/C12H13N3O2/c1-8-11(9(2)17-15-8)12(16)14-7-10-5-3-4-6-13-10/h3-6H,7H2,1-2H3,(H,14,16). The third kappa shape index (κ3) is 2.50. The van der Waals surface area contributed by atoms with Crippen molar-refractivity contribution in [1.82, 2.24) is 15.5 Å². The van der Waals surface area contributed by atoms with Crippen LogP contribution in [0.5, 0.6) is 0 Å². The first-order chi connectivity index (χ1) is 8.18. The summed E-state index contributed by atoms with van der Waals surface area (Å²) in [4.78, 5) is 16.0. The van der Waals surface area contributed by atoms with Gasteiger partial charge < -0.3 is 9.84 Å². The molecule has 0 bridgehead atoms. The number of rotatable bonds is 3. The van der Waals surface area contributed by atoms with Gasteiger partial charge in [0.05, 0.1) is 17.9 Å². The first-order valence-electron chi connectivity index (χ1n) is 5.29. The van der Waals surface area contributed by atoms with Gasteiger partial charge in [0.15, 0.2) is 0 Å². The van der Waals surface area contributed by atoms with E-state index >= 15 is 0 Å². The van der Waals surface area contributed by atoms with Gasteiger partial charge in [-0.2, -0.15) is 0 Å². The van der Waals surface area contributed by atoms with Crippen molar-refractivity contribution in [1.29, 1.82) is 0 Å². The van der Waals surface area contributed by atoms with Gasteiger partial charge in [-0.05, 0) is 26.0 Å². The molecule has 0 spiro atoms. The molecule has 0 radical (unpaired) electrons. The van der Waals surface area contributed by atoms with Crippen LogP contribution < -0.4 is 5.32 Å². The molecule has 0 saturated heterocycles. The van der Waals surface area contributed by atoms with Gasteiger partial charge in [-0.25, -0.2) is 0 Å². The lowest BCUT2D eigenvalue weighted by molar-refractivity contribution is 0.0948.